The Morgan fingerprint density at radius 3 is 2.53 bits per heavy atom. The summed E-state index contributed by atoms with van der Waals surface area (Å²) in [7, 11) is 0. The van der Waals surface area contributed by atoms with Gasteiger partial charge in [0.25, 0.3) is 0 Å². The summed E-state index contributed by atoms with van der Waals surface area (Å²) in [5.74, 6) is 0.414. The van der Waals surface area contributed by atoms with Crippen LogP contribution in [0.4, 0.5) is 0 Å². The molecule has 6 heteroatoms. The largest absolute Gasteiger partial charge is 0.489 e. The highest BCUT2D eigenvalue weighted by atomic mass is 35.5. The smallest absolute Gasteiger partial charge is 0.139 e. The minimum atomic E-state index is -0.597. The van der Waals surface area contributed by atoms with E-state index in [1.54, 1.807) is 0 Å². The number of hydrogen-bond acceptors (Lipinski definition) is 3. The summed E-state index contributed by atoms with van der Waals surface area (Å²) in [5, 5.41) is 13.7. The van der Waals surface area contributed by atoms with Crippen molar-refractivity contribution in [3.8, 4) is 5.75 Å². The fourth-order valence-electron chi connectivity index (χ4n) is 1.17. The molecule has 3 nitrogen and oxygen atoms in total. The lowest BCUT2D eigenvalue weighted by atomic mass is 10.3. The molecule has 0 saturated heterocycles. The number of nitrogens with one attached hydrogen (secondary N) is 1. The number of aliphatic hydroxyl groups excluding tert-OH is 1. The molecule has 2 N–H and O–H groups in total. The Labute approximate surface area is 116 Å². The Balaban J connectivity index is 2.54. The fourth-order valence-corrected chi connectivity index (χ4v) is 1.76. The van der Waals surface area contributed by atoms with E-state index in [4.69, 9.17) is 39.5 Å². The Kier molecular flexibility index (Phi) is 6.38. The second-order valence-corrected chi connectivity index (χ2v) is 4.69. The van der Waals surface area contributed by atoms with Crippen LogP contribution in [-0.2, 0) is 0 Å². The molecule has 17 heavy (non-hydrogen) atoms. The first-order chi connectivity index (χ1) is 8.04. The Bertz CT molecular complexity index is 374. The van der Waals surface area contributed by atoms with E-state index in [2.05, 4.69) is 5.32 Å². The van der Waals surface area contributed by atoms with Gasteiger partial charge in [-0.3, -0.25) is 0 Å². The van der Waals surface area contributed by atoms with E-state index in [1.165, 1.54) is 12.1 Å². The van der Waals surface area contributed by atoms with E-state index in [0.29, 0.717) is 27.4 Å². The van der Waals surface area contributed by atoms with Crippen molar-refractivity contribution in [2.45, 2.75) is 13.0 Å². The third-order valence-corrected chi connectivity index (χ3v) is 3.05. The average molecular weight is 299 g/mol. The number of likely N-dealkylation sites (N-methyl/N-ethyl adjacent to an activating group) is 1. The molecule has 0 spiro atoms. The van der Waals surface area contributed by atoms with Gasteiger partial charge in [-0.2, -0.15) is 0 Å². The molecule has 0 aliphatic heterocycles. The first kappa shape index (κ1) is 14.9. The maximum Gasteiger partial charge on any atom is 0.139 e. The molecule has 0 aliphatic rings. The predicted octanol–water partition coefficient (Wildman–Crippen LogP) is 3.00. The summed E-state index contributed by atoms with van der Waals surface area (Å²) < 4.78 is 5.37. The summed E-state index contributed by atoms with van der Waals surface area (Å²) in [6.45, 7) is 3.37. The second kappa shape index (κ2) is 7.29. The number of hydrogen-bond donors (Lipinski definition) is 2. The lowest BCUT2D eigenvalue weighted by Gasteiger charge is -2.14. The summed E-state index contributed by atoms with van der Waals surface area (Å²) in [6, 6.07) is 3.05. The molecule has 1 aromatic rings. The van der Waals surface area contributed by atoms with Gasteiger partial charge in [0.2, 0.25) is 0 Å². The predicted molar refractivity (Wildman–Crippen MR) is 71.5 cm³/mol. The number of rotatable bonds is 6. The zero-order valence-electron chi connectivity index (χ0n) is 9.34. The van der Waals surface area contributed by atoms with Crippen molar-refractivity contribution >= 4 is 34.8 Å². The van der Waals surface area contributed by atoms with Gasteiger partial charge in [-0.25, -0.2) is 0 Å². The number of benzene rings is 1. The Hall–Kier alpha value is -0.190. The lowest BCUT2D eigenvalue weighted by molar-refractivity contribution is 0.107. The van der Waals surface area contributed by atoms with E-state index < -0.39 is 6.10 Å². The van der Waals surface area contributed by atoms with Gasteiger partial charge in [0.05, 0.1) is 15.1 Å². The molecule has 0 radical (unpaired) electrons. The third kappa shape index (κ3) is 4.90. The zero-order chi connectivity index (χ0) is 12.8. The SMILES string of the molecule is CCNCC(O)COc1cc(Cl)c(Cl)cc1Cl. The molecule has 1 atom stereocenters. The lowest BCUT2D eigenvalue weighted by Crippen LogP contribution is -2.31. The molecule has 0 aliphatic carbocycles. The van der Waals surface area contributed by atoms with Crippen molar-refractivity contribution in [3.05, 3.63) is 27.2 Å². The summed E-state index contributed by atoms with van der Waals surface area (Å²) in [6.07, 6.45) is -0.597. The first-order valence-electron chi connectivity index (χ1n) is 5.20. The van der Waals surface area contributed by atoms with Crippen LogP contribution in [0.15, 0.2) is 12.1 Å². The van der Waals surface area contributed by atoms with E-state index in [-0.39, 0.29) is 6.61 Å². The first-order valence-corrected chi connectivity index (χ1v) is 6.34. The standard InChI is InChI=1S/C11H14Cl3NO2/c1-2-15-5-7(16)6-17-11-4-9(13)8(12)3-10(11)14/h3-4,7,15-16H,2,5-6H2,1H3. The molecule has 1 aromatic carbocycles. The molecule has 1 rings (SSSR count). The minimum absolute atomic E-state index is 0.144. The van der Waals surface area contributed by atoms with E-state index in [9.17, 15) is 5.11 Å². The molecule has 1 unspecified atom stereocenters. The average Bonchev–Trinajstić information content (AvgIpc) is 2.29. The van der Waals surface area contributed by atoms with Gasteiger partial charge in [-0.05, 0) is 12.6 Å². The van der Waals surface area contributed by atoms with E-state index in [0.717, 1.165) is 6.54 Å². The van der Waals surface area contributed by atoms with Gasteiger partial charge in [-0.1, -0.05) is 41.7 Å². The van der Waals surface area contributed by atoms with Crippen molar-refractivity contribution in [2.24, 2.45) is 0 Å². The van der Waals surface area contributed by atoms with Crippen LogP contribution in [0.25, 0.3) is 0 Å². The van der Waals surface area contributed by atoms with Crippen LogP contribution in [0, 0.1) is 0 Å². The third-order valence-electron chi connectivity index (χ3n) is 2.04. The summed E-state index contributed by atoms with van der Waals surface area (Å²) in [4.78, 5) is 0. The Morgan fingerprint density at radius 2 is 1.88 bits per heavy atom. The summed E-state index contributed by atoms with van der Waals surface area (Å²) >= 11 is 17.5. The van der Waals surface area contributed by atoms with Crippen LogP contribution < -0.4 is 10.1 Å². The highest BCUT2D eigenvalue weighted by Gasteiger charge is 2.09. The number of aliphatic hydroxyl groups is 1. The molecule has 0 heterocycles. The minimum Gasteiger partial charge on any atom is -0.489 e. The quantitative estimate of drug-likeness (QED) is 0.793. The van der Waals surface area contributed by atoms with Crippen molar-refractivity contribution in [3.63, 3.8) is 0 Å². The molecule has 0 saturated carbocycles. The van der Waals surface area contributed by atoms with Gasteiger partial charge in [0.15, 0.2) is 0 Å². The van der Waals surface area contributed by atoms with E-state index >= 15 is 0 Å². The highest BCUT2D eigenvalue weighted by molar-refractivity contribution is 6.43. The van der Waals surface area contributed by atoms with Crippen molar-refractivity contribution < 1.29 is 9.84 Å². The van der Waals surface area contributed by atoms with Gasteiger partial charge >= 0.3 is 0 Å². The van der Waals surface area contributed by atoms with Crippen molar-refractivity contribution in [1.82, 2.24) is 5.32 Å². The maximum absolute atomic E-state index is 9.57. The molecular formula is C11H14Cl3NO2. The number of ether oxygens (including phenoxy) is 1. The van der Waals surface area contributed by atoms with Crippen LogP contribution in [-0.4, -0.2) is 30.9 Å². The summed E-state index contributed by atoms with van der Waals surface area (Å²) in [5.41, 5.74) is 0. The number of halogens is 3. The highest BCUT2D eigenvalue weighted by Crippen LogP contribution is 2.33. The van der Waals surface area contributed by atoms with Crippen LogP contribution in [0.5, 0.6) is 5.75 Å². The fraction of sp³-hybridized carbons (Fsp3) is 0.455. The van der Waals surface area contributed by atoms with E-state index in [1.807, 2.05) is 6.92 Å². The molecule has 0 aromatic heterocycles. The van der Waals surface area contributed by atoms with Gasteiger partial charge in [-0.15, -0.1) is 0 Å². The van der Waals surface area contributed by atoms with Crippen molar-refractivity contribution in [2.75, 3.05) is 19.7 Å². The topological polar surface area (TPSA) is 41.5 Å². The zero-order valence-corrected chi connectivity index (χ0v) is 11.6. The van der Waals surface area contributed by atoms with Crippen LogP contribution in [0.2, 0.25) is 15.1 Å². The molecule has 0 bridgehead atoms. The van der Waals surface area contributed by atoms with Gasteiger partial charge in [0.1, 0.15) is 18.5 Å². The van der Waals surface area contributed by atoms with Crippen LogP contribution >= 0.6 is 34.8 Å². The van der Waals surface area contributed by atoms with Crippen molar-refractivity contribution in [1.29, 1.82) is 0 Å². The molecule has 0 amide bonds. The maximum atomic E-state index is 9.57. The van der Waals surface area contributed by atoms with Crippen LogP contribution in [0.1, 0.15) is 6.92 Å². The van der Waals surface area contributed by atoms with Gasteiger partial charge in [0, 0.05) is 12.6 Å². The van der Waals surface area contributed by atoms with Crippen LogP contribution in [0.3, 0.4) is 0 Å². The molecule has 0 fully saturated rings. The molecular weight excluding hydrogens is 284 g/mol. The Morgan fingerprint density at radius 1 is 1.24 bits per heavy atom. The monoisotopic (exact) mass is 297 g/mol. The van der Waals surface area contributed by atoms with Gasteiger partial charge < -0.3 is 15.2 Å². The molecule has 96 valence electrons. The second-order valence-electron chi connectivity index (χ2n) is 3.47. The normalized spacial score (nSPS) is 12.5.